The fourth-order valence-electron chi connectivity index (χ4n) is 1.06. The highest BCUT2D eigenvalue weighted by Gasteiger charge is 1.99. The van der Waals surface area contributed by atoms with E-state index in [0.29, 0.717) is 0 Å². The third kappa shape index (κ3) is 1.35. The van der Waals surface area contributed by atoms with Gasteiger partial charge in [0.15, 0.2) is 0 Å². The fraction of sp³-hybridized carbons (Fsp3) is 0.500. The second kappa shape index (κ2) is 2.72. The van der Waals surface area contributed by atoms with Crippen LogP contribution >= 0.6 is 0 Å². The summed E-state index contributed by atoms with van der Waals surface area (Å²) in [6.45, 7) is 2.18. The number of allylic oxidation sites excluding steroid dienone is 3. The standard InChI is InChI=1S/C8H13N/c1-3-8-6-4-5-7-9(8)2/h5-7H,3-4H2,1-2H3. The van der Waals surface area contributed by atoms with Gasteiger partial charge in [0.2, 0.25) is 0 Å². The van der Waals surface area contributed by atoms with E-state index in [4.69, 9.17) is 0 Å². The van der Waals surface area contributed by atoms with E-state index in [9.17, 15) is 0 Å². The van der Waals surface area contributed by atoms with Gasteiger partial charge < -0.3 is 4.90 Å². The normalized spacial score (nSPS) is 18.0. The number of nitrogens with zero attached hydrogens (tertiary/aromatic N) is 1. The fourth-order valence-corrected chi connectivity index (χ4v) is 1.06. The van der Waals surface area contributed by atoms with Gasteiger partial charge in [-0.05, 0) is 19.0 Å². The van der Waals surface area contributed by atoms with Crippen LogP contribution in [0.2, 0.25) is 0 Å². The predicted molar refractivity (Wildman–Crippen MR) is 39.9 cm³/mol. The Morgan fingerprint density at radius 1 is 1.67 bits per heavy atom. The van der Waals surface area contributed by atoms with Gasteiger partial charge in [-0.25, -0.2) is 0 Å². The van der Waals surface area contributed by atoms with Crippen LogP contribution in [0.4, 0.5) is 0 Å². The molecule has 0 aromatic heterocycles. The van der Waals surface area contributed by atoms with E-state index >= 15 is 0 Å². The molecule has 0 radical (unpaired) electrons. The molecule has 0 saturated heterocycles. The summed E-state index contributed by atoms with van der Waals surface area (Å²) in [5.41, 5.74) is 1.43. The summed E-state index contributed by atoms with van der Waals surface area (Å²) in [6.07, 6.45) is 8.80. The molecule has 0 amide bonds. The molecule has 0 bridgehead atoms. The SMILES string of the molecule is CCC1=CCC=CN1C. The number of hydrogen-bond donors (Lipinski definition) is 0. The topological polar surface area (TPSA) is 3.24 Å². The van der Waals surface area contributed by atoms with Crippen molar-refractivity contribution >= 4 is 0 Å². The highest BCUT2D eigenvalue weighted by atomic mass is 15.1. The molecule has 50 valence electrons. The molecule has 1 rings (SSSR count). The minimum absolute atomic E-state index is 1.10. The van der Waals surface area contributed by atoms with Gasteiger partial charge in [-0.2, -0.15) is 0 Å². The molecule has 0 aromatic rings. The van der Waals surface area contributed by atoms with E-state index in [2.05, 4.69) is 37.2 Å². The third-order valence-corrected chi connectivity index (χ3v) is 1.63. The molecule has 0 N–H and O–H groups in total. The lowest BCUT2D eigenvalue weighted by Gasteiger charge is -2.19. The lowest BCUT2D eigenvalue weighted by molar-refractivity contribution is 0.534. The van der Waals surface area contributed by atoms with Crippen molar-refractivity contribution in [2.45, 2.75) is 19.8 Å². The molecule has 1 heterocycles. The first-order chi connectivity index (χ1) is 4.34. The molecule has 1 aliphatic heterocycles. The van der Waals surface area contributed by atoms with Crippen molar-refractivity contribution in [1.82, 2.24) is 4.90 Å². The first kappa shape index (κ1) is 6.40. The van der Waals surface area contributed by atoms with Crippen molar-refractivity contribution in [1.29, 1.82) is 0 Å². The van der Waals surface area contributed by atoms with Crippen molar-refractivity contribution < 1.29 is 0 Å². The van der Waals surface area contributed by atoms with Crippen LogP contribution in [0.1, 0.15) is 19.8 Å². The summed E-state index contributed by atoms with van der Waals surface area (Å²) >= 11 is 0. The molecule has 1 nitrogen and oxygen atoms in total. The molecular weight excluding hydrogens is 110 g/mol. The monoisotopic (exact) mass is 123 g/mol. The van der Waals surface area contributed by atoms with Gasteiger partial charge in [-0.3, -0.25) is 0 Å². The summed E-state index contributed by atoms with van der Waals surface area (Å²) in [5.74, 6) is 0. The van der Waals surface area contributed by atoms with E-state index in [1.54, 1.807) is 0 Å². The molecule has 1 aliphatic rings. The van der Waals surface area contributed by atoms with Gasteiger partial charge in [0.25, 0.3) is 0 Å². The zero-order valence-corrected chi connectivity index (χ0v) is 6.09. The Morgan fingerprint density at radius 2 is 2.44 bits per heavy atom. The average Bonchev–Trinajstić information content (AvgIpc) is 1.89. The maximum absolute atomic E-state index is 2.26. The first-order valence-electron chi connectivity index (χ1n) is 3.43. The molecular formula is C8H13N. The molecule has 0 aromatic carbocycles. The Bertz CT molecular complexity index is 145. The maximum Gasteiger partial charge on any atom is 0.0131 e. The molecule has 1 heteroatoms. The molecule has 0 fully saturated rings. The quantitative estimate of drug-likeness (QED) is 0.516. The van der Waals surface area contributed by atoms with E-state index in [1.165, 1.54) is 5.70 Å². The lowest BCUT2D eigenvalue weighted by atomic mass is 10.2. The minimum Gasteiger partial charge on any atom is -0.355 e. The van der Waals surface area contributed by atoms with Gasteiger partial charge in [0.1, 0.15) is 0 Å². The van der Waals surface area contributed by atoms with Crippen molar-refractivity contribution in [3.63, 3.8) is 0 Å². The van der Waals surface area contributed by atoms with Crippen LogP contribution in [-0.2, 0) is 0 Å². The van der Waals surface area contributed by atoms with E-state index in [1.807, 2.05) is 0 Å². The summed E-state index contributed by atoms with van der Waals surface area (Å²) in [4.78, 5) is 2.17. The van der Waals surface area contributed by atoms with Gasteiger partial charge in [-0.15, -0.1) is 0 Å². The van der Waals surface area contributed by atoms with Crippen LogP contribution < -0.4 is 0 Å². The maximum atomic E-state index is 2.26. The Kier molecular flexibility index (Phi) is 1.93. The average molecular weight is 123 g/mol. The Labute approximate surface area is 56.7 Å². The van der Waals surface area contributed by atoms with Crippen LogP contribution in [0.15, 0.2) is 24.0 Å². The Balaban J connectivity index is 2.59. The molecule has 0 unspecified atom stereocenters. The van der Waals surface area contributed by atoms with E-state index in [-0.39, 0.29) is 0 Å². The molecule has 9 heavy (non-hydrogen) atoms. The second-order valence-corrected chi connectivity index (χ2v) is 2.28. The van der Waals surface area contributed by atoms with Crippen molar-refractivity contribution in [3.05, 3.63) is 24.0 Å². The number of hydrogen-bond acceptors (Lipinski definition) is 1. The Morgan fingerprint density at radius 3 is 2.89 bits per heavy atom. The largest absolute Gasteiger partial charge is 0.355 e. The van der Waals surface area contributed by atoms with Gasteiger partial charge in [0.05, 0.1) is 0 Å². The van der Waals surface area contributed by atoms with Crippen molar-refractivity contribution in [2.75, 3.05) is 7.05 Å². The summed E-state index contributed by atoms with van der Waals surface area (Å²) in [7, 11) is 2.09. The summed E-state index contributed by atoms with van der Waals surface area (Å²) in [6, 6.07) is 0. The highest BCUT2D eigenvalue weighted by molar-refractivity contribution is 5.11. The minimum atomic E-state index is 1.10. The summed E-state index contributed by atoms with van der Waals surface area (Å²) in [5, 5.41) is 0. The van der Waals surface area contributed by atoms with E-state index in [0.717, 1.165) is 12.8 Å². The van der Waals surface area contributed by atoms with Crippen LogP contribution in [0.25, 0.3) is 0 Å². The van der Waals surface area contributed by atoms with Crippen molar-refractivity contribution in [3.8, 4) is 0 Å². The first-order valence-corrected chi connectivity index (χ1v) is 3.43. The lowest BCUT2D eigenvalue weighted by Crippen LogP contribution is -2.11. The third-order valence-electron chi connectivity index (χ3n) is 1.63. The van der Waals surface area contributed by atoms with Crippen LogP contribution in [0, 0.1) is 0 Å². The van der Waals surface area contributed by atoms with Crippen LogP contribution in [-0.4, -0.2) is 11.9 Å². The second-order valence-electron chi connectivity index (χ2n) is 2.28. The van der Waals surface area contributed by atoms with E-state index < -0.39 is 0 Å². The van der Waals surface area contributed by atoms with Gasteiger partial charge >= 0.3 is 0 Å². The molecule has 0 aliphatic carbocycles. The molecule has 0 spiro atoms. The zero-order chi connectivity index (χ0) is 6.69. The smallest absolute Gasteiger partial charge is 0.0131 e. The van der Waals surface area contributed by atoms with Crippen LogP contribution in [0.5, 0.6) is 0 Å². The van der Waals surface area contributed by atoms with Gasteiger partial charge in [0, 0.05) is 12.7 Å². The van der Waals surface area contributed by atoms with Crippen LogP contribution in [0.3, 0.4) is 0 Å². The molecule has 0 atom stereocenters. The van der Waals surface area contributed by atoms with Crippen molar-refractivity contribution in [2.24, 2.45) is 0 Å². The number of rotatable bonds is 1. The van der Waals surface area contributed by atoms with Gasteiger partial charge in [-0.1, -0.05) is 19.1 Å². The predicted octanol–water partition coefficient (Wildman–Crippen LogP) is 2.13. The zero-order valence-electron chi connectivity index (χ0n) is 6.09. The summed E-state index contributed by atoms with van der Waals surface area (Å²) < 4.78 is 0. The Hall–Kier alpha value is -0.720. The molecule has 0 saturated carbocycles. The highest BCUT2D eigenvalue weighted by Crippen LogP contribution is 2.12.